The number of benzene rings is 1. The van der Waals surface area contributed by atoms with Gasteiger partial charge in [-0.15, -0.1) is 0 Å². The third-order valence-corrected chi connectivity index (χ3v) is 2.58. The molecular weight excluding hydrogens is 282 g/mol. The highest BCUT2D eigenvalue weighted by Gasteiger charge is 2.21. The molecule has 0 aromatic heterocycles. The van der Waals surface area contributed by atoms with E-state index in [1.807, 2.05) is 0 Å². The van der Waals surface area contributed by atoms with Gasteiger partial charge in [-0.25, -0.2) is 10.2 Å². The molecule has 1 aromatic carbocycles. The fourth-order valence-electron chi connectivity index (χ4n) is 1.52. The van der Waals surface area contributed by atoms with Gasteiger partial charge in [-0.3, -0.25) is 0 Å². The maximum absolute atomic E-state index is 11.0. The largest absolute Gasteiger partial charge is 0.439 e. The number of carbonyl (C=O) groups is 1. The van der Waals surface area contributed by atoms with Gasteiger partial charge < -0.3 is 10.5 Å². The van der Waals surface area contributed by atoms with Gasteiger partial charge in [-0.05, 0) is 6.07 Å². The molecule has 8 heteroatoms. The van der Waals surface area contributed by atoms with E-state index in [4.69, 9.17) is 28.5 Å². The van der Waals surface area contributed by atoms with E-state index in [1.54, 1.807) is 24.3 Å². The minimum atomic E-state index is -0.927. The lowest BCUT2D eigenvalue weighted by molar-refractivity contribution is 0.0638. The highest BCUT2D eigenvalue weighted by atomic mass is 35.5. The monoisotopic (exact) mass is 295 g/mol. The zero-order valence-electron chi connectivity index (χ0n) is 10.8. The molecule has 0 fully saturated rings. The van der Waals surface area contributed by atoms with Crippen molar-refractivity contribution in [2.24, 2.45) is 16.1 Å². The fraction of sp³-hybridized carbons (Fsp3) is 0.250. The van der Waals surface area contributed by atoms with Crippen molar-refractivity contribution in [1.29, 1.82) is 0 Å². The number of ether oxygens (including phenoxy) is 1. The maximum atomic E-state index is 11.0. The molecule has 0 aliphatic carbocycles. The molecule has 0 radical (unpaired) electrons. The van der Waals surface area contributed by atoms with Crippen LogP contribution < -0.4 is 11.2 Å². The van der Waals surface area contributed by atoms with Crippen molar-refractivity contribution in [1.82, 2.24) is 10.5 Å². The number of hydrogen-bond donors (Lipinski definition) is 2. The van der Waals surface area contributed by atoms with E-state index in [2.05, 4.69) is 21.8 Å². The van der Waals surface area contributed by atoms with Gasteiger partial charge in [-0.1, -0.05) is 41.4 Å². The molecular formula is C12H14ClN5O2. The van der Waals surface area contributed by atoms with E-state index in [0.717, 1.165) is 0 Å². The number of nitrogens with zero attached hydrogens (tertiary/aromatic N) is 3. The zero-order valence-corrected chi connectivity index (χ0v) is 11.5. The SMILES string of the molecule is C#CNN(CC(OC(N)=O)c1ccccc1Cl)N=NC. The Kier molecular flexibility index (Phi) is 6.13. The molecule has 0 heterocycles. The van der Waals surface area contributed by atoms with E-state index in [-0.39, 0.29) is 6.54 Å². The molecule has 0 saturated carbocycles. The lowest BCUT2D eigenvalue weighted by atomic mass is 10.1. The fourth-order valence-corrected chi connectivity index (χ4v) is 1.78. The van der Waals surface area contributed by atoms with Gasteiger partial charge in [-0.2, -0.15) is 10.2 Å². The van der Waals surface area contributed by atoms with Gasteiger partial charge in [0, 0.05) is 16.6 Å². The van der Waals surface area contributed by atoms with Crippen LogP contribution in [0.5, 0.6) is 0 Å². The Balaban J connectivity index is 2.98. The summed E-state index contributed by atoms with van der Waals surface area (Å²) in [4.78, 5) is 11.0. The van der Waals surface area contributed by atoms with Gasteiger partial charge in [0.15, 0.2) is 6.10 Å². The topological polar surface area (TPSA) is 92.3 Å². The van der Waals surface area contributed by atoms with Crippen molar-refractivity contribution < 1.29 is 9.53 Å². The van der Waals surface area contributed by atoms with Crippen molar-refractivity contribution >= 4 is 17.7 Å². The van der Waals surface area contributed by atoms with E-state index in [9.17, 15) is 4.79 Å². The highest BCUT2D eigenvalue weighted by molar-refractivity contribution is 6.31. The number of rotatable bonds is 6. The maximum Gasteiger partial charge on any atom is 0.405 e. The molecule has 0 bridgehead atoms. The summed E-state index contributed by atoms with van der Waals surface area (Å²) in [6.45, 7) is 0.0915. The summed E-state index contributed by atoms with van der Waals surface area (Å²) in [5, 5.41) is 9.01. The summed E-state index contributed by atoms with van der Waals surface area (Å²) < 4.78 is 5.04. The van der Waals surface area contributed by atoms with Gasteiger partial charge in [0.1, 0.15) is 6.54 Å². The highest BCUT2D eigenvalue weighted by Crippen LogP contribution is 2.26. The molecule has 7 nitrogen and oxygen atoms in total. The number of hydrazine groups is 1. The van der Waals surface area contributed by atoms with E-state index < -0.39 is 12.2 Å². The van der Waals surface area contributed by atoms with Crippen LogP contribution in [0.2, 0.25) is 5.02 Å². The Morgan fingerprint density at radius 3 is 2.90 bits per heavy atom. The van der Waals surface area contributed by atoms with Gasteiger partial charge in [0.2, 0.25) is 0 Å². The molecule has 1 atom stereocenters. The van der Waals surface area contributed by atoms with E-state index in [1.165, 1.54) is 12.2 Å². The van der Waals surface area contributed by atoms with Crippen molar-refractivity contribution in [3.05, 3.63) is 34.9 Å². The van der Waals surface area contributed by atoms with Crippen molar-refractivity contribution in [2.45, 2.75) is 6.10 Å². The molecule has 3 N–H and O–H groups in total. The number of halogens is 1. The smallest absolute Gasteiger partial charge is 0.405 e. The summed E-state index contributed by atoms with van der Waals surface area (Å²) in [6, 6.07) is 9.11. The van der Waals surface area contributed by atoms with E-state index >= 15 is 0 Å². The second-order valence-electron chi connectivity index (χ2n) is 3.57. The normalized spacial score (nSPS) is 11.7. The predicted octanol–water partition coefficient (Wildman–Crippen LogP) is 1.87. The Morgan fingerprint density at radius 2 is 2.35 bits per heavy atom. The molecule has 1 unspecified atom stereocenters. The van der Waals surface area contributed by atoms with Crippen LogP contribution in [-0.2, 0) is 4.74 Å². The minimum absolute atomic E-state index is 0.0915. The molecule has 0 aliphatic heterocycles. The molecule has 0 spiro atoms. The van der Waals surface area contributed by atoms with Gasteiger partial charge in [0.25, 0.3) is 0 Å². The Labute approximate surface area is 121 Å². The number of primary amides is 1. The Morgan fingerprint density at radius 1 is 1.65 bits per heavy atom. The number of nitrogens with two attached hydrogens (primary N) is 1. The predicted molar refractivity (Wildman–Crippen MR) is 74.3 cm³/mol. The Bertz CT molecular complexity index is 529. The molecule has 1 aromatic rings. The average Bonchev–Trinajstić information content (AvgIpc) is 2.38. The second kappa shape index (κ2) is 7.86. The van der Waals surface area contributed by atoms with Crippen LogP contribution in [0.4, 0.5) is 4.79 Å². The number of nitrogens with one attached hydrogen (secondary N) is 1. The minimum Gasteiger partial charge on any atom is -0.439 e. The number of terminal acetylenes is 1. The lowest BCUT2D eigenvalue weighted by Crippen LogP contribution is -2.35. The zero-order chi connectivity index (χ0) is 15.0. The van der Waals surface area contributed by atoms with Crippen molar-refractivity contribution in [3.8, 4) is 12.5 Å². The van der Waals surface area contributed by atoms with Gasteiger partial charge >= 0.3 is 6.09 Å². The quantitative estimate of drug-likeness (QED) is 0.363. The van der Waals surface area contributed by atoms with Gasteiger partial charge in [0.05, 0.1) is 7.05 Å². The Hall–Kier alpha value is -2.46. The van der Waals surface area contributed by atoms with Crippen LogP contribution >= 0.6 is 11.6 Å². The van der Waals surface area contributed by atoms with Crippen LogP contribution in [0.25, 0.3) is 0 Å². The summed E-state index contributed by atoms with van der Waals surface area (Å²) in [7, 11) is 1.48. The third kappa shape index (κ3) is 4.66. The molecule has 1 amide bonds. The summed E-state index contributed by atoms with van der Waals surface area (Å²) in [6.07, 6.45) is 3.47. The lowest BCUT2D eigenvalue weighted by Gasteiger charge is -2.23. The van der Waals surface area contributed by atoms with Crippen LogP contribution in [0.1, 0.15) is 11.7 Å². The number of amides is 1. The van der Waals surface area contributed by atoms with Crippen LogP contribution in [0, 0.1) is 12.5 Å². The number of hydrogen-bond acceptors (Lipinski definition) is 5. The standard InChI is InChI=1S/C12H14ClN5O2/c1-3-16-18(17-15-2)8-11(20-12(14)19)9-6-4-5-7-10(9)13/h1,4-7,11,16H,8H2,2H3,(H2,14,19). The molecule has 20 heavy (non-hydrogen) atoms. The number of carbonyl (C=O) groups excluding carboxylic acids is 1. The first-order valence-electron chi connectivity index (χ1n) is 5.57. The van der Waals surface area contributed by atoms with Crippen LogP contribution in [0.3, 0.4) is 0 Å². The van der Waals surface area contributed by atoms with Crippen molar-refractivity contribution in [2.75, 3.05) is 13.6 Å². The van der Waals surface area contributed by atoms with Crippen molar-refractivity contribution in [3.63, 3.8) is 0 Å². The first kappa shape index (κ1) is 15.6. The molecule has 106 valence electrons. The van der Waals surface area contributed by atoms with Crippen LogP contribution in [0.15, 0.2) is 34.6 Å². The molecule has 0 aliphatic rings. The first-order chi connectivity index (χ1) is 9.58. The molecule has 0 saturated heterocycles. The van der Waals surface area contributed by atoms with E-state index in [0.29, 0.717) is 10.6 Å². The average molecular weight is 296 g/mol. The second-order valence-corrected chi connectivity index (χ2v) is 3.98. The summed E-state index contributed by atoms with van der Waals surface area (Å²) >= 11 is 6.07. The summed E-state index contributed by atoms with van der Waals surface area (Å²) in [5.41, 5.74) is 8.16. The first-order valence-corrected chi connectivity index (χ1v) is 5.95. The molecule has 1 rings (SSSR count). The summed E-state index contributed by atoms with van der Waals surface area (Å²) in [5.74, 6) is 0. The third-order valence-electron chi connectivity index (χ3n) is 2.24. The van der Waals surface area contributed by atoms with Crippen LogP contribution in [-0.4, -0.2) is 24.8 Å².